The SMILES string of the molecule is CN=C(NCc1cc(C#N)ccc1F)NC1CN(C(=O)OC(C)(C)C)C1. The molecule has 1 amide bonds. The van der Waals surface area contributed by atoms with Crippen LogP contribution < -0.4 is 10.6 Å². The number of hydrogen-bond acceptors (Lipinski definition) is 4. The maximum atomic E-state index is 13.8. The zero-order valence-electron chi connectivity index (χ0n) is 15.5. The maximum Gasteiger partial charge on any atom is 0.410 e. The van der Waals surface area contributed by atoms with Crippen molar-refractivity contribution < 1.29 is 13.9 Å². The molecule has 7 nitrogen and oxygen atoms in total. The summed E-state index contributed by atoms with van der Waals surface area (Å²) in [5.41, 5.74) is 0.268. The van der Waals surface area contributed by atoms with E-state index < -0.39 is 5.60 Å². The molecule has 1 saturated heterocycles. The van der Waals surface area contributed by atoms with Gasteiger partial charge in [0.15, 0.2) is 5.96 Å². The Morgan fingerprint density at radius 3 is 2.73 bits per heavy atom. The fraction of sp³-hybridized carbons (Fsp3) is 0.500. The number of hydrogen-bond donors (Lipinski definition) is 2. The van der Waals surface area contributed by atoms with Gasteiger partial charge in [-0.15, -0.1) is 0 Å². The molecule has 1 aliphatic heterocycles. The molecule has 0 saturated carbocycles. The molecule has 1 heterocycles. The number of benzene rings is 1. The van der Waals surface area contributed by atoms with Crippen molar-refractivity contribution in [3.63, 3.8) is 0 Å². The maximum absolute atomic E-state index is 13.8. The number of halogens is 1. The van der Waals surface area contributed by atoms with Crippen molar-refractivity contribution >= 4 is 12.1 Å². The van der Waals surface area contributed by atoms with Crippen LogP contribution in [-0.4, -0.2) is 48.7 Å². The van der Waals surface area contributed by atoms with Gasteiger partial charge in [0.2, 0.25) is 0 Å². The highest BCUT2D eigenvalue weighted by Gasteiger charge is 2.34. The van der Waals surface area contributed by atoms with Crippen molar-refractivity contribution in [2.45, 2.75) is 39.0 Å². The standard InChI is InChI=1S/C18H24FN5O2/c1-18(2,3)26-17(25)24-10-14(11-24)23-16(21-4)22-9-13-7-12(8-20)5-6-15(13)19/h5-7,14H,9-11H2,1-4H3,(H2,21,22,23). The van der Waals surface area contributed by atoms with Crippen molar-refractivity contribution in [2.24, 2.45) is 4.99 Å². The number of likely N-dealkylation sites (tertiary alicyclic amines) is 1. The van der Waals surface area contributed by atoms with Gasteiger partial charge >= 0.3 is 6.09 Å². The Morgan fingerprint density at radius 2 is 2.15 bits per heavy atom. The number of amides is 1. The van der Waals surface area contributed by atoms with E-state index in [1.54, 1.807) is 11.9 Å². The smallest absolute Gasteiger partial charge is 0.410 e. The normalized spacial score (nSPS) is 15.1. The summed E-state index contributed by atoms with van der Waals surface area (Å²) >= 11 is 0. The fourth-order valence-electron chi connectivity index (χ4n) is 2.39. The zero-order valence-corrected chi connectivity index (χ0v) is 15.5. The van der Waals surface area contributed by atoms with Crippen LogP contribution in [0, 0.1) is 17.1 Å². The first-order valence-electron chi connectivity index (χ1n) is 8.35. The van der Waals surface area contributed by atoms with Crippen LogP contribution >= 0.6 is 0 Å². The highest BCUT2D eigenvalue weighted by atomic mass is 19.1. The van der Waals surface area contributed by atoms with E-state index in [-0.39, 0.29) is 24.5 Å². The van der Waals surface area contributed by atoms with Crippen molar-refractivity contribution in [3.8, 4) is 6.07 Å². The van der Waals surface area contributed by atoms with Crippen LogP contribution in [0.15, 0.2) is 23.2 Å². The van der Waals surface area contributed by atoms with Crippen LogP contribution in [0.25, 0.3) is 0 Å². The Bertz CT molecular complexity index is 730. The van der Waals surface area contributed by atoms with Gasteiger partial charge in [0.1, 0.15) is 11.4 Å². The molecule has 0 aliphatic carbocycles. The molecule has 2 N–H and O–H groups in total. The molecular weight excluding hydrogens is 337 g/mol. The minimum atomic E-state index is -0.519. The number of rotatable bonds is 3. The van der Waals surface area contributed by atoms with Crippen LogP contribution in [0.4, 0.5) is 9.18 Å². The van der Waals surface area contributed by atoms with E-state index in [9.17, 15) is 9.18 Å². The fourth-order valence-corrected chi connectivity index (χ4v) is 2.39. The van der Waals surface area contributed by atoms with E-state index in [4.69, 9.17) is 10.00 Å². The largest absolute Gasteiger partial charge is 0.444 e. The minimum Gasteiger partial charge on any atom is -0.444 e. The summed E-state index contributed by atoms with van der Waals surface area (Å²) in [6.07, 6.45) is -0.339. The lowest BCUT2D eigenvalue weighted by Crippen LogP contribution is -2.63. The molecule has 0 unspecified atom stereocenters. The molecule has 8 heteroatoms. The molecule has 26 heavy (non-hydrogen) atoms. The van der Waals surface area contributed by atoms with Gasteiger partial charge in [0.25, 0.3) is 0 Å². The van der Waals surface area contributed by atoms with Crippen LogP contribution in [-0.2, 0) is 11.3 Å². The highest BCUT2D eigenvalue weighted by molar-refractivity contribution is 5.80. The molecule has 1 aromatic rings. The van der Waals surface area contributed by atoms with E-state index in [1.807, 2.05) is 26.8 Å². The predicted octanol–water partition coefficient (Wildman–Crippen LogP) is 1.98. The van der Waals surface area contributed by atoms with Crippen LogP contribution in [0.2, 0.25) is 0 Å². The number of ether oxygens (including phenoxy) is 1. The molecule has 0 atom stereocenters. The monoisotopic (exact) mass is 361 g/mol. The first-order chi connectivity index (χ1) is 12.2. The summed E-state index contributed by atoms with van der Waals surface area (Å²) in [6.45, 7) is 6.69. The molecule has 0 spiro atoms. The first-order valence-corrected chi connectivity index (χ1v) is 8.35. The van der Waals surface area contributed by atoms with Crippen molar-refractivity contribution in [1.82, 2.24) is 15.5 Å². The second kappa shape index (κ2) is 8.04. The second-order valence-electron chi connectivity index (χ2n) is 7.07. The lowest BCUT2D eigenvalue weighted by atomic mass is 10.1. The van der Waals surface area contributed by atoms with Gasteiger partial charge < -0.3 is 20.3 Å². The topological polar surface area (TPSA) is 89.8 Å². The quantitative estimate of drug-likeness (QED) is 0.635. The molecule has 0 bridgehead atoms. The Balaban J connectivity index is 1.81. The summed E-state index contributed by atoms with van der Waals surface area (Å²) < 4.78 is 19.1. The Kier molecular flexibility index (Phi) is 6.03. The van der Waals surface area contributed by atoms with Crippen molar-refractivity contribution in [1.29, 1.82) is 5.26 Å². The third-order valence-electron chi connectivity index (χ3n) is 3.72. The summed E-state index contributed by atoms with van der Waals surface area (Å²) in [6, 6.07) is 6.25. The summed E-state index contributed by atoms with van der Waals surface area (Å²) in [4.78, 5) is 17.6. The Hall–Kier alpha value is -2.82. The van der Waals surface area contributed by atoms with Gasteiger partial charge in [0.05, 0.1) is 17.7 Å². The predicted molar refractivity (Wildman–Crippen MR) is 96.0 cm³/mol. The first kappa shape index (κ1) is 19.5. The second-order valence-corrected chi connectivity index (χ2v) is 7.07. The number of nitrogens with zero attached hydrogens (tertiary/aromatic N) is 3. The van der Waals surface area contributed by atoms with Gasteiger partial charge in [0, 0.05) is 32.2 Å². The van der Waals surface area contributed by atoms with Gasteiger partial charge in [-0.2, -0.15) is 5.26 Å². The minimum absolute atomic E-state index is 0.0454. The van der Waals surface area contributed by atoms with Crippen LogP contribution in [0.1, 0.15) is 31.9 Å². The molecule has 1 fully saturated rings. The number of aliphatic imine (C=N–C) groups is 1. The van der Waals surface area contributed by atoms with E-state index in [1.165, 1.54) is 18.2 Å². The van der Waals surface area contributed by atoms with E-state index >= 15 is 0 Å². The number of nitriles is 1. The number of guanidine groups is 1. The number of carbonyl (C=O) groups excluding carboxylic acids is 1. The molecule has 0 radical (unpaired) electrons. The van der Waals surface area contributed by atoms with E-state index in [0.29, 0.717) is 30.2 Å². The van der Waals surface area contributed by atoms with Crippen LogP contribution in [0.5, 0.6) is 0 Å². The zero-order chi connectivity index (χ0) is 19.3. The van der Waals surface area contributed by atoms with Gasteiger partial charge in [-0.05, 0) is 39.0 Å². The Labute approximate surface area is 152 Å². The average molecular weight is 361 g/mol. The molecule has 1 aromatic carbocycles. The summed E-state index contributed by atoms with van der Waals surface area (Å²) in [7, 11) is 1.61. The third kappa shape index (κ3) is 5.34. The molecule has 2 rings (SSSR count). The molecular formula is C18H24FN5O2. The number of nitrogens with one attached hydrogen (secondary N) is 2. The highest BCUT2D eigenvalue weighted by Crippen LogP contribution is 2.15. The molecule has 140 valence electrons. The van der Waals surface area contributed by atoms with Gasteiger partial charge in [-0.25, -0.2) is 9.18 Å². The number of carbonyl (C=O) groups is 1. The van der Waals surface area contributed by atoms with E-state index in [2.05, 4.69) is 15.6 Å². The molecule has 1 aliphatic rings. The summed E-state index contributed by atoms with van der Waals surface area (Å²) in [5.74, 6) is 0.118. The van der Waals surface area contributed by atoms with Crippen molar-refractivity contribution in [3.05, 3.63) is 35.1 Å². The lowest BCUT2D eigenvalue weighted by molar-refractivity contribution is 0.00701. The summed E-state index contributed by atoms with van der Waals surface area (Å²) in [5, 5.41) is 15.1. The van der Waals surface area contributed by atoms with Gasteiger partial charge in [-0.1, -0.05) is 0 Å². The third-order valence-corrected chi connectivity index (χ3v) is 3.72. The van der Waals surface area contributed by atoms with Crippen LogP contribution in [0.3, 0.4) is 0 Å². The Morgan fingerprint density at radius 1 is 1.46 bits per heavy atom. The van der Waals surface area contributed by atoms with E-state index in [0.717, 1.165) is 0 Å². The van der Waals surface area contributed by atoms with Gasteiger partial charge in [-0.3, -0.25) is 4.99 Å². The van der Waals surface area contributed by atoms with Crippen molar-refractivity contribution in [2.75, 3.05) is 20.1 Å². The molecule has 0 aromatic heterocycles. The average Bonchev–Trinajstić information content (AvgIpc) is 2.52. The lowest BCUT2D eigenvalue weighted by Gasteiger charge is -2.40.